The van der Waals surface area contributed by atoms with Crippen LogP contribution in [0.1, 0.15) is 11.1 Å². The Morgan fingerprint density at radius 1 is 1.03 bits per heavy atom. The number of para-hydroxylation sites is 1. The number of nitro benzene ring substituents is 1. The van der Waals surface area contributed by atoms with Crippen molar-refractivity contribution in [3.63, 3.8) is 0 Å². The lowest BCUT2D eigenvalue weighted by Crippen LogP contribution is -2.35. The normalized spacial score (nSPS) is 14.5. The molecule has 0 saturated carbocycles. The molecule has 1 fully saturated rings. The van der Waals surface area contributed by atoms with Gasteiger partial charge in [0.2, 0.25) is 0 Å². The van der Waals surface area contributed by atoms with Crippen LogP contribution in [-0.2, 0) is 16.2 Å². The van der Waals surface area contributed by atoms with Gasteiger partial charge in [0.05, 0.1) is 10.6 Å². The van der Waals surface area contributed by atoms with Crippen molar-refractivity contribution in [2.45, 2.75) is 6.61 Å². The van der Waals surface area contributed by atoms with E-state index in [-0.39, 0.29) is 29.2 Å². The summed E-state index contributed by atoms with van der Waals surface area (Å²) in [7, 11) is 0. The number of non-ortho nitro benzene ring substituents is 1. The van der Waals surface area contributed by atoms with Gasteiger partial charge in [-0.1, -0.05) is 41.9 Å². The van der Waals surface area contributed by atoms with Crippen molar-refractivity contribution in [2.24, 2.45) is 0 Å². The van der Waals surface area contributed by atoms with Gasteiger partial charge in [-0.25, -0.2) is 5.01 Å². The van der Waals surface area contributed by atoms with Crippen molar-refractivity contribution in [1.29, 1.82) is 0 Å². The highest BCUT2D eigenvalue weighted by atomic mass is 35.5. The number of nitro groups is 1. The number of hydrogen-bond acceptors (Lipinski definition) is 5. The Balaban J connectivity index is 1.66. The van der Waals surface area contributed by atoms with E-state index in [0.717, 1.165) is 10.6 Å². The zero-order chi connectivity index (χ0) is 22.7. The first-order valence-corrected chi connectivity index (χ1v) is 9.88. The van der Waals surface area contributed by atoms with Gasteiger partial charge in [0.15, 0.2) is 0 Å². The van der Waals surface area contributed by atoms with E-state index in [1.165, 1.54) is 24.3 Å². The van der Waals surface area contributed by atoms with Crippen LogP contribution in [0.5, 0.6) is 5.75 Å². The van der Waals surface area contributed by atoms with Crippen LogP contribution in [0, 0.1) is 10.1 Å². The summed E-state index contributed by atoms with van der Waals surface area (Å²) in [6.07, 6.45) is 1.30. The number of anilines is 1. The van der Waals surface area contributed by atoms with Gasteiger partial charge in [-0.15, -0.1) is 0 Å². The summed E-state index contributed by atoms with van der Waals surface area (Å²) in [4.78, 5) is 36.0. The van der Waals surface area contributed by atoms with Crippen molar-refractivity contribution in [3.8, 4) is 5.75 Å². The standard InChI is InChI=1S/C23H16ClN3O5/c24-17-8-6-15(7-9-17)14-32-21-11-10-19(27(30)31)12-16(21)13-20-22(28)25-26(23(20)29)18-4-2-1-3-5-18/h1-13H,14H2,(H,25,28)/b20-13-. The molecule has 1 aliphatic heterocycles. The number of rotatable bonds is 6. The quantitative estimate of drug-likeness (QED) is 0.262. The molecule has 32 heavy (non-hydrogen) atoms. The summed E-state index contributed by atoms with van der Waals surface area (Å²) < 4.78 is 5.82. The molecule has 3 aromatic carbocycles. The minimum absolute atomic E-state index is 0.161. The van der Waals surface area contributed by atoms with Crippen LogP contribution in [0.2, 0.25) is 5.02 Å². The third kappa shape index (κ3) is 4.45. The minimum atomic E-state index is -0.617. The van der Waals surface area contributed by atoms with Crippen LogP contribution in [-0.4, -0.2) is 16.7 Å². The van der Waals surface area contributed by atoms with Gasteiger partial charge in [-0.3, -0.25) is 25.1 Å². The maximum Gasteiger partial charge on any atom is 0.282 e. The highest BCUT2D eigenvalue weighted by molar-refractivity contribution is 6.31. The van der Waals surface area contributed by atoms with Crippen molar-refractivity contribution in [2.75, 3.05) is 5.01 Å². The summed E-state index contributed by atoms with van der Waals surface area (Å²) in [6, 6.07) is 19.6. The number of carbonyl (C=O) groups is 2. The molecule has 4 rings (SSSR count). The Morgan fingerprint density at radius 3 is 2.44 bits per heavy atom. The molecule has 0 radical (unpaired) electrons. The van der Waals surface area contributed by atoms with E-state index < -0.39 is 16.7 Å². The molecule has 2 amide bonds. The summed E-state index contributed by atoms with van der Waals surface area (Å²) in [5, 5.41) is 13.0. The van der Waals surface area contributed by atoms with E-state index in [0.29, 0.717) is 10.7 Å². The molecule has 0 unspecified atom stereocenters. The predicted octanol–water partition coefficient (Wildman–Crippen LogP) is 4.29. The molecule has 3 aromatic rings. The molecule has 0 spiro atoms. The second-order valence-electron chi connectivity index (χ2n) is 6.87. The topological polar surface area (TPSA) is 102 Å². The van der Waals surface area contributed by atoms with Gasteiger partial charge in [-0.05, 0) is 42.0 Å². The number of hydrazine groups is 1. The van der Waals surface area contributed by atoms with Crippen LogP contribution in [0.15, 0.2) is 78.4 Å². The third-order valence-corrected chi connectivity index (χ3v) is 4.97. The summed E-state index contributed by atoms with van der Waals surface area (Å²) in [5.74, 6) is -0.901. The maximum atomic E-state index is 12.8. The average Bonchev–Trinajstić information content (AvgIpc) is 3.08. The fourth-order valence-electron chi connectivity index (χ4n) is 3.11. The molecular formula is C23H16ClN3O5. The number of ether oxygens (including phenoxy) is 1. The van der Waals surface area contributed by atoms with E-state index in [9.17, 15) is 19.7 Å². The van der Waals surface area contributed by atoms with Gasteiger partial charge in [0.1, 0.15) is 17.9 Å². The second kappa shape index (κ2) is 8.91. The number of carbonyl (C=O) groups excluding carboxylic acids is 2. The number of benzene rings is 3. The van der Waals surface area contributed by atoms with E-state index >= 15 is 0 Å². The smallest absolute Gasteiger partial charge is 0.282 e. The molecule has 1 saturated heterocycles. The number of amides is 2. The summed E-state index contributed by atoms with van der Waals surface area (Å²) >= 11 is 5.89. The first-order valence-electron chi connectivity index (χ1n) is 9.50. The van der Waals surface area contributed by atoms with Crippen molar-refractivity contribution < 1.29 is 19.2 Å². The monoisotopic (exact) mass is 449 g/mol. The third-order valence-electron chi connectivity index (χ3n) is 4.72. The highest BCUT2D eigenvalue weighted by Gasteiger charge is 2.34. The van der Waals surface area contributed by atoms with Crippen LogP contribution in [0.4, 0.5) is 11.4 Å². The van der Waals surface area contributed by atoms with Crippen molar-refractivity contribution in [1.82, 2.24) is 5.43 Å². The lowest BCUT2D eigenvalue weighted by Gasteiger charge is -2.14. The van der Waals surface area contributed by atoms with Gasteiger partial charge in [0.25, 0.3) is 17.5 Å². The molecule has 0 aliphatic carbocycles. The molecular weight excluding hydrogens is 434 g/mol. The number of halogens is 1. The average molecular weight is 450 g/mol. The lowest BCUT2D eigenvalue weighted by molar-refractivity contribution is -0.384. The van der Waals surface area contributed by atoms with Gasteiger partial charge in [-0.2, -0.15) is 0 Å². The van der Waals surface area contributed by atoms with Gasteiger partial charge < -0.3 is 4.74 Å². The van der Waals surface area contributed by atoms with Crippen LogP contribution in [0.25, 0.3) is 6.08 Å². The summed E-state index contributed by atoms with van der Waals surface area (Å²) in [5.41, 5.74) is 3.71. The van der Waals surface area contributed by atoms with Crippen LogP contribution < -0.4 is 15.2 Å². The largest absolute Gasteiger partial charge is 0.488 e. The van der Waals surface area contributed by atoms with E-state index in [4.69, 9.17) is 16.3 Å². The summed E-state index contributed by atoms with van der Waals surface area (Å²) in [6.45, 7) is 0.168. The predicted molar refractivity (Wildman–Crippen MR) is 119 cm³/mol. The van der Waals surface area contributed by atoms with Crippen LogP contribution in [0.3, 0.4) is 0 Å². The lowest BCUT2D eigenvalue weighted by atomic mass is 10.1. The fourth-order valence-corrected chi connectivity index (χ4v) is 3.23. The Kier molecular flexibility index (Phi) is 5.87. The fraction of sp³-hybridized carbons (Fsp3) is 0.0435. The van der Waals surface area contributed by atoms with E-state index in [2.05, 4.69) is 5.43 Å². The van der Waals surface area contributed by atoms with E-state index in [1.807, 2.05) is 0 Å². The van der Waals surface area contributed by atoms with E-state index in [1.54, 1.807) is 54.6 Å². The van der Waals surface area contributed by atoms with Gasteiger partial charge in [0, 0.05) is 22.7 Å². The van der Waals surface area contributed by atoms with Crippen molar-refractivity contribution >= 4 is 40.9 Å². The number of nitrogens with one attached hydrogen (secondary N) is 1. The minimum Gasteiger partial charge on any atom is -0.488 e. The Labute approximate surface area is 187 Å². The number of hydrogen-bond donors (Lipinski definition) is 1. The van der Waals surface area contributed by atoms with Crippen molar-refractivity contribution in [3.05, 3.63) is 105 Å². The first kappa shape index (κ1) is 21.1. The molecule has 0 bridgehead atoms. The maximum absolute atomic E-state index is 12.8. The zero-order valence-electron chi connectivity index (χ0n) is 16.5. The number of nitrogens with zero attached hydrogens (tertiary/aromatic N) is 2. The molecule has 1 heterocycles. The molecule has 0 atom stereocenters. The van der Waals surface area contributed by atoms with Crippen LogP contribution >= 0.6 is 11.6 Å². The molecule has 8 nitrogen and oxygen atoms in total. The Hall–Kier alpha value is -4.17. The van der Waals surface area contributed by atoms with Gasteiger partial charge >= 0.3 is 0 Å². The molecule has 9 heteroatoms. The molecule has 1 N–H and O–H groups in total. The molecule has 0 aromatic heterocycles. The Bertz CT molecular complexity index is 1230. The zero-order valence-corrected chi connectivity index (χ0v) is 17.3. The first-order chi connectivity index (χ1) is 15.4. The molecule has 160 valence electrons. The second-order valence-corrected chi connectivity index (χ2v) is 7.31. The highest BCUT2D eigenvalue weighted by Crippen LogP contribution is 2.29. The SMILES string of the molecule is O=C1NN(c2ccccc2)C(=O)/C1=C\c1cc([N+](=O)[O-])ccc1OCc1ccc(Cl)cc1. The molecule has 1 aliphatic rings. The Morgan fingerprint density at radius 2 is 1.75 bits per heavy atom.